The molecule has 2 rings (SSSR count). The quantitative estimate of drug-likeness (QED) is 0.545. The van der Waals surface area contributed by atoms with E-state index in [4.69, 9.17) is 5.73 Å². The monoisotopic (exact) mass is 302 g/mol. The number of hydrogen-bond acceptors (Lipinski definition) is 4. The number of amides is 2. The zero-order chi connectivity index (χ0) is 16.3. The van der Waals surface area contributed by atoms with Crippen molar-refractivity contribution in [3.63, 3.8) is 0 Å². The Bertz CT molecular complexity index is 795. The molecule has 0 bridgehead atoms. The highest BCUT2D eigenvalue weighted by Crippen LogP contribution is 2.17. The van der Waals surface area contributed by atoms with Crippen molar-refractivity contribution in [2.24, 2.45) is 7.05 Å². The highest BCUT2D eigenvalue weighted by molar-refractivity contribution is 6.00. The molecule has 0 aliphatic heterocycles. The lowest BCUT2D eigenvalue weighted by atomic mass is 10.1. The molecule has 0 aliphatic rings. The van der Waals surface area contributed by atoms with Gasteiger partial charge in [-0.3, -0.25) is 14.4 Å². The highest BCUT2D eigenvalue weighted by atomic mass is 16.2. The second-order valence-corrected chi connectivity index (χ2v) is 4.96. The van der Waals surface area contributed by atoms with Gasteiger partial charge in [-0.2, -0.15) is 0 Å². The summed E-state index contributed by atoms with van der Waals surface area (Å²) in [4.78, 5) is 35.3. The van der Waals surface area contributed by atoms with E-state index in [1.54, 1.807) is 29.8 Å². The molecule has 22 heavy (non-hydrogen) atoms. The van der Waals surface area contributed by atoms with Crippen molar-refractivity contribution in [3.05, 3.63) is 40.2 Å². The summed E-state index contributed by atoms with van der Waals surface area (Å²) < 4.78 is 1.69. The van der Waals surface area contributed by atoms with Gasteiger partial charge in [-0.15, -0.1) is 0 Å². The van der Waals surface area contributed by atoms with Crippen LogP contribution in [0.1, 0.15) is 17.3 Å². The van der Waals surface area contributed by atoms with Gasteiger partial charge in [0.25, 0.3) is 5.91 Å². The summed E-state index contributed by atoms with van der Waals surface area (Å²) in [6.07, 6.45) is 1.48. The first kappa shape index (κ1) is 15.6. The van der Waals surface area contributed by atoms with Crippen LogP contribution in [0.2, 0.25) is 0 Å². The Kier molecular flexibility index (Phi) is 4.45. The number of nitrogens with zero attached hydrogens (tertiary/aromatic N) is 1. The fraction of sp³-hybridized carbons (Fsp3) is 0.267. The zero-order valence-electron chi connectivity index (χ0n) is 12.5. The predicted molar refractivity (Wildman–Crippen MR) is 84.6 cm³/mol. The van der Waals surface area contributed by atoms with E-state index in [0.717, 1.165) is 0 Å². The number of fused-ring (bicyclic) bond motifs is 1. The summed E-state index contributed by atoms with van der Waals surface area (Å²) >= 11 is 0. The topological polar surface area (TPSA) is 106 Å². The van der Waals surface area contributed by atoms with Crippen LogP contribution in [0.15, 0.2) is 29.2 Å². The normalized spacial score (nSPS) is 10.5. The van der Waals surface area contributed by atoms with Crippen LogP contribution < -0.4 is 21.8 Å². The number of pyridine rings is 1. The van der Waals surface area contributed by atoms with Crippen molar-refractivity contribution in [2.75, 3.05) is 18.8 Å². The third-order valence-corrected chi connectivity index (χ3v) is 3.28. The minimum Gasteiger partial charge on any atom is -0.398 e. The molecule has 7 heteroatoms. The molecule has 0 fully saturated rings. The van der Waals surface area contributed by atoms with E-state index in [2.05, 4.69) is 10.6 Å². The average Bonchev–Trinajstić information content (AvgIpc) is 2.46. The van der Waals surface area contributed by atoms with Crippen LogP contribution in [-0.4, -0.2) is 29.5 Å². The first-order valence-electron chi connectivity index (χ1n) is 6.82. The van der Waals surface area contributed by atoms with E-state index in [1.165, 1.54) is 13.1 Å². The number of rotatable bonds is 4. The summed E-state index contributed by atoms with van der Waals surface area (Å²) in [6, 6.07) is 5.15. The summed E-state index contributed by atoms with van der Waals surface area (Å²) in [5.41, 5.74) is 6.49. The van der Waals surface area contributed by atoms with Crippen LogP contribution in [0.5, 0.6) is 0 Å². The number of benzene rings is 1. The molecule has 116 valence electrons. The maximum Gasteiger partial charge on any atom is 0.256 e. The lowest BCUT2D eigenvalue weighted by Gasteiger charge is -2.11. The van der Waals surface area contributed by atoms with E-state index in [-0.39, 0.29) is 18.0 Å². The Balaban J connectivity index is 2.30. The Morgan fingerprint density at radius 3 is 2.59 bits per heavy atom. The van der Waals surface area contributed by atoms with Crippen molar-refractivity contribution in [2.45, 2.75) is 6.92 Å². The van der Waals surface area contributed by atoms with Gasteiger partial charge in [-0.25, -0.2) is 0 Å². The molecule has 2 amide bonds. The van der Waals surface area contributed by atoms with Crippen molar-refractivity contribution in [1.82, 2.24) is 15.2 Å². The van der Waals surface area contributed by atoms with E-state index in [9.17, 15) is 14.4 Å². The fourth-order valence-corrected chi connectivity index (χ4v) is 2.23. The van der Waals surface area contributed by atoms with Gasteiger partial charge < -0.3 is 20.9 Å². The number of nitrogen functional groups attached to an aromatic ring is 1. The summed E-state index contributed by atoms with van der Waals surface area (Å²) in [6.45, 7) is 1.94. The molecule has 1 aromatic carbocycles. The lowest BCUT2D eigenvalue weighted by Crippen LogP contribution is -2.36. The standard InChI is InChI=1S/C15H18N4O3/c1-9(20)17-6-7-18-15(22)10-8-19(2)12-5-3-4-11(16)13(12)14(10)21/h3-5,8H,6-7,16H2,1-2H3,(H,17,20)(H,18,22). The average molecular weight is 302 g/mol. The lowest BCUT2D eigenvalue weighted by molar-refractivity contribution is -0.118. The SMILES string of the molecule is CC(=O)NCCNC(=O)c1cn(C)c2cccc(N)c2c1=O. The second-order valence-electron chi connectivity index (χ2n) is 4.96. The third kappa shape index (κ3) is 3.08. The third-order valence-electron chi connectivity index (χ3n) is 3.28. The van der Waals surface area contributed by atoms with E-state index in [1.807, 2.05) is 0 Å². The van der Waals surface area contributed by atoms with Gasteiger partial charge in [0, 0.05) is 38.9 Å². The summed E-state index contributed by atoms with van der Waals surface area (Å²) in [5.74, 6) is -0.667. The van der Waals surface area contributed by atoms with E-state index >= 15 is 0 Å². The Labute approximate surface area is 127 Å². The molecule has 1 heterocycles. The molecule has 0 radical (unpaired) electrons. The van der Waals surface area contributed by atoms with Crippen LogP contribution in [0, 0.1) is 0 Å². The number of aryl methyl sites for hydroxylation is 1. The number of carbonyl (C=O) groups is 2. The van der Waals surface area contributed by atoms with Crippen molar-refractivity contribution in [3.8, 4) is 0 Å². The maximum absolute atomic E-state index is 12.5. The van der Waals surface area contributed by atoms with Gasteiger partial charge in [0.1, 0.15) is 5.56 Å². The van der Waals surface area contributed by atoms with Gasteiger partial charge in [-0.05, 0) is 12.1 Å². The van der Waals surface area contributed by atoms with Crippen LogP contribution in [0.4, 0.5) is 5.69 Å². The van der Waals surface area contributed by atoms with Gasteiger partial charge in [0.2, 0.25) is 11.3 Å². The van der Waals surface area contributed by atoms with Crippen LogP contribution in [0.25, 0.3) is 10.9 Å². The first-order chi connectivity index (χ1) is 10.4. The van der Waals surface area contributed by atoms with Gasteiger partial charge in [0.15, 0.2) is 0 Å². The molecular formula is C15H18N4O3. The number of hydrogen-bond donors (Lipinski definition) is 3. The summed E-state index contributed by atoms with van der Waals surface area (Å²) in [7, 11) is 1.75. The largest absolute Gasteiger partial charge is 0.398 e. The maximum atomic E-state index is 12.5. The van der Waals surface area contributed by atoms with Crippen LogP contribution in [-0.2, 0) is 11.8 Å². The van der Waals surface area contributed by atoms with Gasteiger partial charge in [-0.1, -0.05) is 6.07 Å². The van der Waals surface area contributed by atoms with Crippen molar-refractivity contribution < 1.29 is 9.59 Å². The van der Waals surface area contributed by atoms with Crippen LogP contribution >= 0.6 is 0 Å². The molecule has 0 atom stereocenters. The number of nitrogens with two attached hydrogens (primary N) is 1. The predicted octanol–water partition coefficient (Wildman–Crippen LogP) is -0.0134. The van der Waals surface area contributed by atoms with E-state index in [0.29, 0.717) is 23.1 Å². The smallest absolute Gasteiger partial charge is 0.256 e. The zero-order valence-corrected chi connectivity index (χ0v) is 12.5. The first-order valence-corrected chi connectivity index (χ1v) is 6.82. The molecule has 7 nitrogen and oxygen atoms in total. The molecule has 1 aromatic heterocycles. The molecule has 2 aromatic rings. The molecular weight excluding hydrogens is 284 g/mol. The Morgan fingerprint density at radius 2 is 1.91 bits per heavy atom. The number of carbonyl (C=O) groups excluding carboxylic acids is 2. The summed E-state index contributed by atoms with van der Waals surface area (Å²) in [5, 5.41) is 5.49. The number of nitrogens with one attached hydrogen (secondary N) is 2. The molecule has 0 unspecified atom stereocenters. The van der Waals surface area contributed by atoms with Crippen LogP contribution in [0.3, 0.4) is 0 Å². The molecule has 0 saturated carbocycles. The molecule has 0 aliphatic carbocycles. The molecule has 0 saturated heterocycles. The van der Waals surface area contributed by atoms with Crippen molar-refractivity contribution >= 4 is 28.4 Å². The van der Waals surface area contributed by atoms with Gasteiger partial charge in [0.05, 0.1) is 10.9 Å². The number of aromatic nitrogens is 1. The van der Waals surface area contributed by atoms with Crippen molar-refractivity contribution in [1.29, 1.82) is 0 Å². The number of anilines is 1. The minimum atomic E-state index is -0.490. The van der Waals surface area contributed by atoms with Gasteiger partial charge >= 0.3 is 0 Å². The Morgan fingerprint density at radius 1 is 1.23 bits per heavy atom. The Hall–Kier alpha value is -2.83. The second kappa shape index (κ2) is 6.30. The van der Waals surface area contributed by atoms with E-state index < -0.39 is 11.3 Å². The fourth-order valence-electron chi connectivity index (χ4n) is 2.23. The minimum absolute atomic E-state index is 0.0238. The molecule has 0 spiro atoms. The molecule has 4 N–H and O–H groups in total. The highest BCUT2D eigenvalue weighted by Gasteiger charge is 2.15.